The first-order valence-electron chi connectivity index (χ1n) is 18.1. The Kier molecular flexibility index (Phi) is 9.57. The van der Waals surface area contributed by atoms with Gasteiger partial charge in [0.15, 0.2) is 0 Å². The molecule has 7 rings (SSSR count). The Bertz CT molecular complexity index is 2150. The number of benzene rings is 2. The van der Waals surface area contributed by atoms with Gasteiger partial charge < -0.3 is 18.9 Å². The molecule has 2 aromatic carbocycles. The van der Waals surface area contributed by atoms with Crippen LogP contribution in [-0.2, 0) is 27.8 Å². The van der Waals surface area contributed by atoms with Crippen LogP contribution in [0, 0.1) is 6.92 Å². The van der Waals surface area contributed by atoms with Crippen LogP contribution in [0.1, 0.15) is 102 Å². The summed E-state index contributed by atoms with van der Waals surface area (Å²) in [5.41, 5.74) is 8.38. The molecular formula is C39H47N5O6S. The highest BCUT2D eigenvalue weighted by Gasteiger charge is 2.33. The summed E-state index contributed by atoms with van der Waals surface area (Å²) >= 11 is 0. The lowest BCUT2D eigenvalue weighted by atomic mass is 9.81. The quantitative estimate of drug-likeness (QED) is 0.225. The van der Waals surface area contributed by atoms with E-state index in [1.165, 1.54) is 12.0 Å². The number of sulfonamides is 1. The first-order valence-corrected chi connectivity index (χ1v) is 19.6. The Labute approximate surface area is 299 Å². The minimum atomic E-state index is -3.83. The van der Waals surface area contributed by atoms with Crippen LogP contribution in [0.2, 0.25) is 0 Å². The van der Waals surface area contributed by atoms with Crippen LogP contribution >= 0.6 is 0 Å². The highest BCUT2D eigenvalue weighted by atomic mass is 32.2. The zero-order valence-electron chi connectivity index (χ0n) is 30.1. The SMILES string of the molecule is CCn1nc(C)c(C(=O)N2CCOCC2)c1C1=Cc2cc(OC)ccc2-c2c(C3CCCCC3)c3ccc(C(=O)NS(=O)(=O)C(C)C)cc3n2C1. The first kappa shape index (κ1) is 35.0. The summed E-state index contributed by atoms with van der Waals surface area (Å²) in [5.74, 6) is 0.320. The molecular weight excluding hydrogens is 667 g/mol. The molecule has 1 aliphatic carbocycles. The summed E-state index contributed by atoms with van der Waals surface area (Å²) in [4.78, 5) is 29.6. The second-order valence-corrected chi connectivity index (χ2v) is 16.3. The van der Waals surface area contributed by atoms with Gasteiger partial charge in [0.25, 0.3) is 11.8 Å². The highest BCUT2D eigenvalue weighted by molar-refractivity contribution is 7.90. The molecule has 4 aromatic rings. The minimum Gasteiger partial charge on any atom is -0.497 e. The van der Waals surface area contributed by atoms with E-state index in [0.717, 1.165) is 70.4 Å². The van der Waals surface area contributed by atoms with Crippen molar-refractivity contribution in [2.45, 2.75) is 84.1 Å². The zero-order valence-corrected chi connectivity index (χ0v) is 30.9. The lowest BCUT2D eigenvalue weighted by Gasteiger charge is -2.27. The van der Waals surface area contributed by atoms with Crippen molar-refractivity contribution in [2.75, 3.05) is 33.4 Å². The molecule has 1 N–H and O–H groups in total. The third kappa shape index (κ3) is 6.37. The zero-order chi connectivity index (χ0) is 36.0. The lowest BCUT2D eigenvalue weighted by molar-refractivity contribution is 0.0302. The van der Waals surface area contributed by atoms with Gasteiger partial charge in [-0.3, -0.25) is 14.3 Å². The lowest BCUT2D eigenvalue weighted by Crippen LogP contribution is -2.41. The number of carbonyl (C=O) groups is 2. The van der Waals surface area contributed by atoms with Crippen LogP contribution in [0.4, 0.5) is 0 Å². The number of aryl methyl sites for hydroxylation is 2. The van der Waals surface area contributed by atoms with E-state index in [0.29, 0.717) is 56.6 Å². The number of hydrogen-bond donors (Lipinski definition) is 1. The number of ether oxygens (including phenoxy) is 2. The van der Waals surface area contributed by atoms with Crippen LogP contribution < -0.4 is 9.46 Å². The van der Waals surface area contributed by atoms with Gasteiger partial charge in [-0.2, -0.15) is 5.10 Å². The summed E-state index contributed by atoms with van der Waals surface area (Å²) in [6, 6.07) is 11.7. The van der Waals surface area contributed by atoms with E-state index in [-0.39, 0.29) is 11.5 Å². The standard InChI is InChI=1S/C39H47N5O6S/c1-6-44-36(34(25(4)40-44)39(46)42-16-18-50-19-17-42)29-20-28-21-30(49-5)13-15-31(28)37-35(26-10-8-7-9-11-26)32-14-12-27(22-33(32)43(37)23-29)38(45)41-51(47,48)24(2)3/h12-15,20-22,24,26H,6-11,16-19,23H2,1-5H3,(H,41,45). The van der Waals surface area contributed by atoms with Gasteiger partial charge in [0.2, 0.25) is 10.0 Å². The Morgan fingerprint density at radius 2 is 1.78 bits per heavy atom. The van der Waals surface area contributed by atoms with E-state index >= 15 is 0 Å². The molecule has 270 valence electrons. The van der Waals surface area contributed by atoms with Crippen LogP contribution in [0.5, 0.6) is 5.75 Å². The fourth-order valence-electron chi connectivity index (χ4n) is 7.95. The van der Waals surface area contributed by atoms with Gasteiger partial charge in [-0.1, -0.05) is 25.3 Å². The van der Waals surface area contributed by atoms with Crippen molar-refractivity contribution in [3.8, 4) is 17.0 Å². The predicted molar refractivity (Wildman–Crippen MR) is 199 cm³/mol. The second kappa shape index (κ2) is 14.0. The molecule has 51 heavy (non-hydrogen) atoms. The van der Waals surface area contributed by atoms with E-state index < -0.39 is 21.2 Å². The number of amides is 2. The second-order valence-electron chi connectivity index (χ2n) is 14.1. The van der Waals surface area contributed by atoms with Crippen LogP contribution in [0.3, 0.4) is 0 Å². The maximum atomic E-state index is 14.3. The third-order valence-corrected chi connectivity index (χ3v) is 12.4. The van der Waals surface area contributed by atoms with E-state index in [2.05, 4.69) is 21.4 Å². The summed E-state index contributed by atoms with van der Waals surface area (Å²) in [6.07, 6.45) is 7.78. The molecule has 3 aliphatic rings. The van der Waals surface area contributed by atoms with Crippen molar-refractivity contribution in [1.29, 1.82) is 0 Å². The first-order chi connectivity index (χ1) is 24.5. The number of hydrogen-bond acceptors (Lipinski definition) is 7. The summed E-state index contributed by atoms with van der Waals surface area (Å²) in [7, 11) is -2.17. The normalized spacial score (nSPS) is 16.8. The van der Waals surface area contributed by atoms with Crippen LogP contribution in [-0.4, -0.2) is 78.1 Å². The molecule has 0 spiro atoms. The van der Waals surface area contributed by atoms with Crippen LogP contribution in [0.25, 0.3) is 33.8 Å². The van der Waals surface area contributed by atoms with E-state index in [4.69, 9.17) is 14.6 Å². The maximum Gasteiger partial charge on any atom is 0.264 e. The van der Waals surface area contributed by atoms with Crippen molar-refractivity contribution in [2.24, 2.45) is 0 Å². The average molecular weight is 714 g/mol. The molecule has 12 heteroatoms. The third-order valence-electron chi connectivity index (χ3n) is 10.7. The number of morpholine rings is 1. The summed E-state index contributed by atoms with van der Waals surface area (Å²) < 4.78 is 43.2. The minimum absolute atomic E-state index is 0.0627. The highest BCUT2D eigenvalue weighted by Crippen LogP contribution is 2.48. The van der Waals surface area contributed by atoms with Crippen molar-refractivity contribution >= 4 is 44.4 Å². The van der Waals surface area contributed by atoms with Gasteiger partial charge in [-0.25, -0.2) is 13.1 Å². The molecule has 0 unspecified atom stereocenters. The molecule has 1 saturated carbocycles. The number of nitrogens with one attached hydrogen (secondary N) is 1. The summed E-state index contributed by atoms with van der Waals surface area (Å²) in [6.45, 7) is 10.0. The number of aromatic nitrogens is 3. The van der Waals surface area contributed by atoms with Gasteiger partial charge in [0.05, 0.1) is 54.8 Å². The van der Waals surface area contributed by atoms with Gasteiger partial charge in [0, 0.05) is 41.7 Å². The van der Waals surface area contributed by atoms with Crippen molar-refractivity contribution in [3.05, 3.63) is 70.0 Å². The number of fused-ring (bicyclic) bond motifs is 5. The van der Waals surface area contributed by atoms with E-state index in [1.54, 1.807) is 27.0 Å². The Hall–Kier alpha value is -4.42. The molecule has 2 fully saturated rings. The van der Waals surface area contributed by atoms with Gasteiger partial charge in [-0.05, 0) is 99.6 Å². The molecule has 0 bridgehead atoms. The topological polar surface area (TPSA) is 125 Å². The Morgan fingerprint density at radius 3 is 2.47 bits per heavy atom. The number of rotatable bonds is 8. The molecule has 4 heterocycles. The number of carbonyl (C=O) groups excluding carboxylic acids is 2. The maximum absolute atomic E-state index is 14.3. The Balaban J connectivity index is 1.48. The summed E-state index contributed by atoms with van der Waals surface area (Å²) in [5, 5.41) is 5.17. The molecule has 0 radical (unpaired) electrons. The molecule has 2 aliphatic heterocycles. The number of methoxy groups -OCH3 is 1. The fraction of sp³-hybridized carbons (Fsp3) is 0.462. The monoisotopic (exact) mass is 713 g/mol. The van der Waals surface area contributed by atoms with E-state index in [1.807, 2.05) is 47.7 Å². The molecule has 2 amide bonds. The molecule has 2 aromatic heterocycles. The molecule has 11 nitrogen and oxygen atoms in total. The van der Waals surface area contributed by atoms with Gasteiger partial charge in [-0.15, -0.1) is 0 Å². The Morgan fingerprint density at radius 1 is 1.04 bits per heavy atom. The molecule has 1 saturated heterocycles. The van der Waals surface area contributed by atoms with Crippen molar-refractivity contribution in [3.63, 3.8) is 0 Å². The smallest absolute Gasteiger partial charge is 0.264 e. The van der Waals surface area contributed by atoms with Crippen molar-refractivity contribution < 1.29 is 27.5 Å². The van der Waals surface area contributed by atoms with E-state index in [9.17, 15) is 18.0 Å². The fourth-order valence-corrected chi connectivity index (χ4v) is 8.56. The van der Waals surface area contributed by atoms with Crippen LogP contribution in [0.15, 0.2) is 36.4 Å². The number of allylic oxidation sites excluding steroid dienone is 1. The number of nitrogens with zero attached hydrogens (tertiary/aromatic N) is 4. The van der Waals surface area contributed by atoms with Gasteiger partial charge >= 0.3 is 0 Å². The largest absolute Gasteiger partial charge is 0.497 e. The average Bonchev–Trinajstić information content (AvgIpc) is 3.58. The molecule has 0 atom stereocenters. The predicted octanol–water partition coefficient (Wildman–Crippen LogP) is 6.38. The van der Waals surface area contributed by atoms with Crippen molar-refractivity contribution in [1.82, 2.24) is 24.0 Å². The van der Waals surface area contributed by atoms with Gasteiger partial charge in [0.1, 0.15) is 5.75 Å².